The first-order valence-electron chi connectivity index (χ1n) is 2.60. The van der Waals surface area contributed by atoms with Gasteiger partial charge in [-0.1, -0.05) is 6.07 Å². The number of hydrogen-bond acceptors (Lipinski definition) is 3. The van der Waals surface area contributed by atoms with Gasteiger partial charge in [-0.3, -0.25) is 0 Å². The van der Waals surface area contributed by atoms with Crippen molar-refractivity contribution in [2.24, 2.45) is 5.73 Å². The zero-order valence-electron chi connectivity index (χ0n) is 5.37. The molecule has 3 N–H and O–H groups in total. The molecular weight excluding hydrogens is 134 g/mol. The van der Waals surface area contributed by atoms with Crippen LogP contribution in [0.25, 0.3) is 0 Å². The highest BCUT2D eigenvalue weighted by Gasteiger charge is 1.82. The Kier molecular flexibility index (Phi) is 5.51. The van der Waals surface area contributed by atoms with E-state index < -0.39 is 0 Å². The normalized spacial score (nSPS) is 7.89. The van der Waals surface area contributed by atoms with Crippen molar-refractivity contribution in [3.8, 4) is 0 Å². The van der Waals surface area contributed by atoms with Crippen LogP contribution in [0.2, 0.25) is 0 Å². The van der Waals surface area contributed by atoms with Gasteiger partial charge in [-0.05, 0) is 11.4 Å². The van der Waals surface area contributed by atoms with Crippen molar-refractivity contribution in [1.29, 1.82) is 0 Å². The van der Waals surface area contributed by atoms with Gasteiger partial charge in [0.2, 0.25) is 0 Å². The van der Waals surface area contributed by atoms with Gasteiger partial charge in [-0.25, -0.2) is 0 Å². The third-order valence-corrected chi connectivity index (χ3v) is 1.68. The smallest absolute Gasteiger partial charge is 0.0319 e. The van der Waals surface area contributed by atoms with E-state index in [0.717, 1.165) is 7.11 Å². The summed E-state index contributed by atoms with van der Waals surface area (Å²) in [5, 5.41) is 9.03. The van der Waals surface area contributed by atoms with E-state index in [9.17, 15) is 0 Å². The zero-order valence-corrected chi connectivity index (χ0v) is 6.19. The van der Waals surface area contributed by atoms with Crippen LogP contribution in [0, 0.1) is 0 Å². The molecule has 2 nitrogen and oxygen atoms in total. The summed E-state index contributed by atoms with van der Waals surface area (Å²) in [6.07, 6.45) is 0. The van der Waals surface area contributed by atoms with Gasteiger partial charge < -0.3 is 10.8 Å². The third kappa shape index (κ3) is 3.24. The van der Waals surface area contributed by atoms with Crippen molar-refractivity contribution in [1.82, 2.24) is 0 Å². The van der Waals surface area contributed by atoms with E-state index in [2.05, 4.69) is 0 Å². The SMILES string of the molecule is CO.NCc1cccs1. The van der Waals surface area contributed by atoms with Gasteiger partial charge in [-0.2, -0.15) is 0 Å². The van der Waals surface area contributed by atoms with Crippen LogP contribution >= 0.6 is 11.3 Å². The molecule has 1 aromatic rings. The Morgan fingerprint density at radius 1 is 1.67 bits per heavy atom. The maximum absolute atomic E-state index is 7.00. The first kappa shape index (κ1) is 8.62. The average Bonchev–Trinajstić information content (AvgIpc) is 2.43. The van der Waals surface area contributed by atoms with E-state index in [4.69, 9.17) is 10.8 Å². The Morgan fingerprint density at radius 3 is 2.56 bits per heavy atom. The molecule has 9 heavy (non-hydrogen) atoms. The van der Waals surface area contributed by atoms with Gasteiger partial charge >= 0.3 is 0 Å². The van der Waals surface area contributed by atoms with Crippen LogP contribution in [0.3, 0.4) is 0 Å². The molecule has 0 saturated carbocycles. The Labute approximate surface area is 58.9 Å². The molecule has 1 aromatic heterocycles. The van der Waals surface area contributed by atoms with Gasteiger partial charge in [0.15, 0.2) is 0 Å². The summed E-state index contributed by atoms with van der Waals surface area (Å²) >= 11 is 1.70. The van der Waals surface area contributed by atoms with Crippen LogP contribution in [0.1, 0.15) is 4.88 Å². The fourth-order valence-corrected chi connectivity index (χ4v) is 1.01. The Balaban J connectivity index is 0.000000291. The first-order chi connectivity index (χ1) is 4.43. The quantitative estimate of drug-likeness (QED) is 0.614. The third-order valence-electron chi connectivity index (χ3n) is 0.781. The van der Waals surface area contributed by atoms with Gasteiger partial charge in [0.25, 0.3) is 0 Å². The lowest BCUT2D eigenvalue weighted by molar-refractivity contribution is 0.399. The first-order valence-corrected chi connectivity index (χ1v) is 3.48. The van der Waals surface area contributed by atoms with Crippen LogP contribution in [0.5, 0.6) is 0 Å². The largest absolute Gasteiger partial charge is 0.400 e. The van der Waals surface area contributed by atoms with Crippen LogP contribution in [-0.2, 0) is 6.54 Å². The maximum atomic E-state index is 7.00. The number of rotatable bonds is 1. The fourth-order valence-electron chi connectivity index (χ4n) is 0.429. The van der Waals surface area contributed by atoms with E-state index in [-0.39, 0.29) is 0 Å². The Morgan fingerprint density at radius 2 is 2.33 bits per heavy atom. The molecule has 1 heterocycles. The Bertz CT molecular complexity index is 128. The average molecular weight is 145 g/mol. The predicted molar refractivity (Wildman–Crippen MR) is 40.4 cm³/mol. The van der Waals surface area contributed by atoms with Crippen molar-refractivity contribution in [2.75, 3.05) is 7.11 Å². The zero-order chi connectivity index (χ0) is 7.11. The van der Waals surface area contributed by atoms with E-state index in [1.54, 1.807) is 11.3 Å². The van der Waals surface area contributed by atoms with Crippen molar-refractivity contribution in [3.05, 3.63) is 22.4 Å². The van der Waals surface area contributed by atoms with Crippen molar-refractivity contribution in [2.45, 2.75) is 6.54 Å². The molecule has 0 radical (unpaired) electrons. The van der Waals surface area contributed by atoms with E-state index >= 15 is 0 Å². The highest BCUT2D eigenvalue weighted by atomic mass is 32.1. The molecule has 3 heteroatoms. The van der Waals surface area contributed by atoms with E-state index in [1.807, 2.05) is 17.5 Å². The Hall–Kier alpha value is -0.380. The molecule has 0 atom stereocenters. The maximum Gasteiger partial charge on any atom is 0.0319 e. The summed E-state index contributed by atoms with van der Waals surface area (Å²) < 4.78 is 0. The van der Waals surface area contributed by atoms with Crippen molar-refractivity contribution in [3.63, 3.8) is 0 Å². The molecule has 0 bridgehead atoms. The minimum absolute atomic E-state index is 0.678. The van der Waals surface area contributed by atoms with E-state index in [0.29, 0.717) is 6.54 Å². The molecule has 0 unspecified atom stereocenters. The number of nitrogens with two attached hydrogens (primary N) is 1. The van der Waals surface area contributed by atoms with Crippen LogP contribution in [0.15, 0.2) is 17.5 Å². The molecule has 0 saturated heterocycles. The molecule has 1 rings (SSSR count). The van der Waals surface area contributed by atoms with Crippen molar-refractivity contribution >= 4 is 11.3 Å². The molecule has 0 spiro atoms. The second kappa shape index (κ2) is 5.75. The predicted octanol–water partition coefficient (Wildman–Crippen LogP) is 0.815. The molecule has 0 aromatic carbocycles. The number of aliphatic hydroxyl groups excluding tert-OH is 1. The summed E-state index contributed by atoms with van der Waals surface area (Å²) in [4.78, 5) is 1.25. The highest BCUT2D eigenvalue weighted by molar-refractivity contribution is 7.09. The fraction of sp³-hybridized carbons (Fsp3) is 0.333. The van der Waals surface area contributed by atoms with Crippen LogP contribution in [-0.4, -0.2) is 12.2 Å². The number of aliphatic hydroxyl groups is 1. The summed E-state index contributed by atoms with van der Waals surface area (Å²) in [7, 11) is 1.00. The van der Waals surface area contributed by atoms with Crippen LogP contribution in [0.4, 0.5) is 0 Å². The summed E-state index contributed by atoms with van der Waals surface area (Å²) in [6.45, 7) is 0.678. The topological polar surface area (TPSA) is 46.2 Å². The highest BCUT2D eigenvalue weighted by Crippen LogP contribution is 2.05. The standard InChI is InChI=1S/C5H7NS.CH4O/c6-4-5-2-1-3-7-5;1-2/h1-3H,4,6H2;2H,1H3. The number of hydrogen-bond donors (Lipinski definition) is 2. The molecular formula is C6H11NOS. The van der Waals surface area contributed by atoms with Gasteiger partial charge in [0.05, 0.1) is 0 Å². The van der Waals surface area contributed by atoms with E-state index in [1.165, 1.54) is 4.88 Å². The summed E-state index contributed by atoms with van der Waals surface area (Å²) in [5.41, 5.74) is 5.30. The lowest BCUT2D eigenvalue weighted by Crippen LogP contribution is -1.90. The van der Waals surface area contributed by atoms with Gasteiger partial charge in [-0.15, -0.1) is 11.3 Å². The molecule has 0 aliphatic rings. The van der Waals surface area contributed by atoms with Gasteiger partial charge in [0, 0.05) is 18.5 Å². The second-order valence-electron chi connectivity index (χ2n) is 1.28. The summed E-state index contributed by atoms with van der Waals surface area (Å²) in [5.74, 6) is 0. The monoisotopic (exact) mass is 145 g/mol. The minimum atomic E-state index is 0.678. The lowest BCUT2D eigenvalue weighted by atomic mass is 10.5. The van der Waals surface area contributed by atoms with Crippen molar-refractivity contribution < 1.29 is 5.11 Å². The minimum Gasteiger partial charge on any atom is -0.400 e. The lowest BCUT2D eigenvalue weighted by Gasteiger charge is -1.79. The molecule has 0 amide bonds. The molecule has 0 fully saturated rings. The number of thiophene rings is 1. The van der Waals surface area contributed by atoms with Gasteiger partial charge in [0.1, 0.15) is 0 Å². The molecule has 52 valence electrons. The molecule has 0 aliphatic carbocycles. The second-order valence-corrected chi connectivity index (χ2v) is 2.32. The molecule has 0 aliphatic heterocycles. The summed E-state index contributed by atoms with van der Waals surface area (Å²) in [6, 6.07) is 4.04. The van der Waals surface area contributed by atoms with Crippen LogP contribution < -0.4 is 5.73 Å².